The maximum atomic E-state index is 14.3. The monoisotopic (exact) mass is 814 g/mol. The molecule has 0 spiro atoms. The summed E-state index contributed by atoms with van der Waals surface area (Å²) in [6.45, 7) is 9.18. The summed E-state index contributed by atoms with van der Waals surface area (Å²) < 4.78 is 39.2. The molecular formula is C48H51N2O8P. The summed E-state index contributed by atoms with van der Waals surface area (Å²) in [7, 11) is 2.15. The van der Waals surface area contributed by atoms with Crippen LogP contribution in [0.2, 0.25) is 0 Å². The van der Waals surface area contributed by atoms with Crippen LogP contribution in [0.3, 0.4) is 0 Å². The lowest BCUT2D eigenvalue weighted by atomic mass is 9.80. The van der Waals surface area contributed by atoms with Crippen LogP contribution in [0.15, 0.2) is 115 Å². The predicted molar refractivity (Wildman–Crippen MR) is 229 cm³/mol. The molecule has 0 aliphatic heterocycles. The van der Waals surface area contributed by atoms with Gasteiger partial charge < -0.3 is 28.2 Å². The molecule has 1 aliphatic carbocycles. The normalized spacial score (nSPS) is 12.9. The van der Waals surface area contributed by atoms with E-state index in [1.165, 1.54) is 0 Å². The van der Waals surface area contributed by atoms with Gasteiger partial charge in [-0.2, -0.15) is 5.26 Å². The minimum absolute atomic E-state index is 0.0568. The molecule has 0 bridgehead atoms. The van der Waals surface area contributed by atoms with E-state index in [9.17, 15) is 9.59 Å². The van der Waals surface area contributed by atoms with Crippen molar-refractivity contribution in [1.82, 2.24) is 4.67 Å². The van der Waals surface area contributed by atoms with Gasteiger partial charge in [0.1, 0.15) is 43.5 Å². The van der Waals surface area contributed by atoms with E-state index in [0.717, 1.165) is 16.7 Å². The fourth-order valence-electron chi connectivity index (χ4n) is 7.61. The number of hydrogen-bond acceptors (Lipinski definition) is 10. The van der Waals surface area contributed by atoms with Crippen molar-refractivity contribution in [2.75, 3.05) is 46.8 Å². The lowest BCUT2D eigenvalue weighted by molar-refractivity contribution is -0.00255. The van der Waals surface area contributed by atoms with E-state index in [-0.39, 0.29) is 66.8 Å². The first-order valence-electron chi connectivity index (χ1n) is 19.8. The van der Waals surface area contributed by atoms with Gasteiger partial charge >= 0.3 is 0 Å². The Kier molecular flexibility index (Phi) is 14.5. The van der Waals surface area contributed by atoms with Crippen molar-refractivity contribution in [3.05, 3.63) is 154 Å². The molecule has 306 valence electrons. The van der Waals surface area contributed by atoms with E-state index in [1.54, 1.807) is 50.6 Å². The molecule has 0 saturated carbocycles. The number of hydrogen-bond donors (Lipinski definition) is 0. The van der Waals surface area contributed by atoms with E-state index in [4.69, 9.17) is 33.5 Å². The van der Waals surface area contributed by atoms with Crippen molar-refractivity contribution in [2.24, 2.45) is 0 Å². The summed E-state index contributed by atoms with van der Waals surface area (Å²) in [5.74, 6) is 1.35. The minimum Gasteiger partial charge on any atom is -0.497 e. The molecule has 0 heterocycles. The van der Waals surface area contributed by atoms with Gasteiger partial charge in [0.15, 0.2) is 11.6 Å². The molecule has 6 rings (SSSR count). The van der Waals surface area contributed by atoms with Crippen LogP contribution in [0.1, 0.15) is 82.6 Å². The first kappa shape index (κ1) is 43.0. The van der Waals surface area contributed by atoms with Crippen LogP contribution in [-0.2, 0) is 14.9 Å². The Hall–Kier alpha value is -5.56. The summed E-state index contributed by atoms with van der Waals surface area (Å²) in [6, 6.07) is 38.3. The third-order valence-electron chi connectivity index (χ3n) is 10.1. The number of carbonyl (C=O) groups is 2. The quantitative estimate of drug-likeness (QED) is 0.0419. The highest BCUT2D eigenvalue weighted by atomic mass is 31.2. The Morgan fingerprint density at radius 1 is 0.610 bits per heavy atom. The zero-order valence-corrected chi connectivity index (χ0v) is 35.4. The van der Waals surface area contributed by atoms with Crippen molar-refractivity contribution < 1.29 is 37.8 Å². The molecule has 5 aromatic rings. The van der Waals surface area contributed by atoms with E-state index in [1.807, 2.05) is 78.9 Å². The van der Waals surface area contributed by atoms with Gasteiger partial charge in [-0.15, -0.1) is 0 Å². The number of nitrogens with zero attached hydrogens (tertiary/aromatic N) is 2. The molecular weight excluding hydrogens is 764 g/mol. The number of rotatable bonds is 20. The first-order valence-corrected chi connectivity index (χ1v) is 21.2. The van der Waals surface area contributed by atoms with E-state index >= 15 is 0 Å². The predicted octanol–water partition coefficient (Wildman–Crippen LogP) is 9.61. The number of benzene rings is 5. The molecule has 11 heteroatoms. The fraction of sp³-hybridized carbons (Fsp3) is 0.312. The van der Waals surface area contributed by atoms with Gasteiger partial charge in [-0.3, -0.25) is 14.3 Å². The number of ketones is 2. The van der Waals surface area contributed by atoms with Crippen LogP contribution in [0.4, 0.5) is 0 Å². The van der Waals surface area contributed by atoms with Crippen molar-refractivity contribution in [3.63, 3.8) is 0 Å². The second-order valence-corrected chi connectivity index (χ2v) is 16.3. The molecule has 0 amide bonds. The SMILES string of the molecule is COc1ccc(C(OCCOc2ccc(OCCP(OCCC#N)N(C(C)C)C(C)C)c3c2C(=O)c2ccccc2C3=O)(c2ccccc2)c2ccc(OC)cc2)cc1. The summed E-state index contributed by atoms with van der Waals surface area (Å²) in [5, 5.41) is 9.14. The molecule has 59 heavy (non-hydrogen) atoms. The van der Waals surface area contributed by atoms with Crippen molar-refractivity contribution >= 4 is 19.9 Å². The van der Waals surface area contributed by atoms with Crippen LogP contribution in [0.5, 0.6) is 23.0 Å². The lowest BCUT2D eigenvalue weighted by Gasteiger charge is -2.37. The molecule has 0 aromatic heterocycles. The standard InChI is InChI=1S/C48H51N2O8P/c1-33(2)50(34(3)4)59(58-28-12-27-49)32-31-56-43-26-25-42(44-45(43)47(52)41-16-11-10-15-40(41)46(44)51)55-29-30-57-48(35-13-8-7-9-14-35,36-17-21-38(53-5)22-18-36)37-19-23-39(54-6)24-20-37/h7-11,13-26,33-34H,12,28-32H2,1-6H3. The van der Waals surface area contributed by atoms with Gasteiger partial charge in [-0.25, -0.2) is 0 Å². The smallest absolute Gasteiger partial charge is 0.198 e. The number of fused-ring (bicyclic) bond motifs is 2. The van der Waals surface area contributed by atoms with Crippen molar-refractivity contribution in [3.8, 4) is 29.1 Å². The maximum absolute atomic E-state index is 14.3. The average molecular weight is 815 g/mol. The first-order chi connectivity index (χ1) is 28.6. The molecule has 0 N–H and O–H groups in total. The Morgan fingerprint density at radius 2 is 1.08 bits per heavy atom. The Balaban J connectivity index is 1.30. The zero-order chi connectivity index (χ0) is 41.9. The summed E-state index contributed by atoms with van der Waals surface area (Å²) in [5.41, 5.74) is 2.52. The molecule has 0 saturated heterocycles. The molecule has 1 aliphatic rings. The fourth-order valence-corrected chi connectivity index (χ4v) is 9.69. The number of ether oxygens (including phenoxy) is 5. The Bertz CT molecular complexity index is 2180. The Labute approximate surface area is 348 Å². The van der Waals surface area contributed by atoms with E-state index < -0.39 is 13.9 Å². The lowest BCUT2D eigenvalue weighted by Crippen LogP contribution is -2.34. The van der Waals surface area contributed by atoms with Gasteiger partial charge in [0.25, 0.3) is 0 Å². The Morgan fingerprint density at radius 3 is 1.56 bits per heavy atom. The van der Waals surface area contributed by atoms with Crippen LogP contribution < -0.4 is 18.9 Å². The average Bonchev–Trinajstić information content (AvgIpc) is 3.26. The number of methoxy groups -OCH3 is 2. The molecule has 0 fully saturated rings. The second-order valence-electron chi connectivity index (χ2n) is 14.4. The van der Waals surface area contributed by atoms with E-state index in [0.29, 0.717) is 41.1 Å². The molecule has 1 unspecified atom stereocenters. The van der Waals surface area contributed by atoms with Gasteiger partial charge in [-0.05, 0) is 80.8 Å². The van der Waals surface area contributed by atoms with Crippen LogP contribution in [0.25, 0.3) is 0 Å². The van der Waals surface area contributed by atoms with Crippen molar-refractivity contribution in [1.29, 1.82) is 5.26 Å². The van der Waals surface area contributed by atoms with Crippen molar-refractivity contribution in [2.45, 2.75) is 51.8 Å². The highest BCUT2D eigenvalue weighted by Crippen LogP contribution is 2.46. The van der Waals surface area contributed by atoms with Gasteiger partial charge in [0, 0.05) is 29.4 Å². The van der Waals surface area contributed by atoms with Crippen LogP contribution >= 0.6 is 8.30 Å². The molecule has 10 nitrogen and oxygen atoms in total. The summed E-state index contributed by atoms with van der Waals surface area (Å²) in [4.78, 5) is 28.5. The van der Waals surface area contributed by atoms with Crippen LogP contribution in [0, 0.1) is 11.3 Å². The maximum Gasteiger partial charge on any atom is 0.198 e. The molecule has 0 radical (unpaired) electrons. The minimum atomic E-state index is -1.11. The summed E-state index contributed by atoms with van der Waals surface area (Å²) >= 11 is 0. The number of carbonyl (C=O) groups excluding carboxylic acids is 2. The zero-order valence-electron chi connectivity index (χ0n) is 34.5. The topological polar surface area (TPSA) is 117 Å². The van der Waals surface area contributed by atoms with Gasteiger partial charge in [0.05, 0.1) is 57.7 Å². The van der Waals surface area contributed by atoms with Gasteiger partial charge in [0.2, 0.25) is 0 Å². The highest BCUT2D eigenvalue weighted by molar-refractivity contribution is 7.50. The molecule has 1 atom stereocenters. The largest absolute Gasteiger partial charge is 0.497 e. The number of nitriles is 1. The summed E-state index contributed by atoms with van der Waals surface area (Å²) in [6.07, 6.45) is 0.821. The van der Waals surface area contributed by atoms with Gasteiger partial charge in [-0.1, -0.05) is 78.9 Å². The van der Waals surface area contributed by atoms with E-state index in [2.05, 4.69) is 38.4 Å². The third-order valence-corrected chi connectivity index (χ3v) is 12.6. The third kappa shape index (κ3) is 9.35. The van der Waals surface area contributed by atoms with Crippen LogP contribution in [-0.4, -0.2) is 75.1 Å². The second kappa shape index (κ2) is 19.9. The molecule has 5 aromatic carbocycles. The highest BCUT2D eigenvalue weighted by Gasteiger charge is 2.39.